The van der Waals surface area contributed by atoms with Crippen LogP contribution in [0.3, 0.4) is 0 Å². The van der Waals surface area contributed by atoms with E-state index in [4.69, 9.17) is 19.4 Å². The van der Waals surface area contributed by atoms with E-state index >= 15 is 0 Å². The fourth-order valence-corrected chi connectivity index (χ4v) is 3.03. The lowest BCUT2D eigenvalue weighted by molar-refractivity contribution is 0.317. The molecule has 0 spiro atoms. The van der Waals surface area contributed by atoms with Crippen LogP contribution in [-0.4, -0.2) is 23.7 Å². The SMILES string of the molecule is CCCOc1ccc(Nc2nc(-c3ccc(OC)cc3)nc3ccccc23)cc1. The minimum atomic E-state index is 0.664. The van der Waals surface area contributed by atoms with E-state index in [2.05, 4.69) is 12.2 Å². The van der Waals surface area contributed by atoms with Crippen LogP contribution in [0.5, 0.6) is 11.5 Å². The number of rotatable bonds is 7. The van der Waals surface area contributed by atoms with Gasteiger partial charge in [0.15, 0.2) is 5.82 Å². The van der Waals surface area contributed by atoms with Crippen molar-refractivity contribution >= 4 is 22.4 Å². The highest BCUT2D eigenvalue weighted by atomic mass is 16.5. The van der Waals surface area contributed by atoms with E-state index in [1.165, 1.54) is 0 Å². The number of hydrogen-bond donors (Lipinski definition) is 1. The van der Waals surface area contributed by atoms with Crippen molar-refractivity contribution in [2.45, 2.75) is 13.3 Å². The first-order chi connectivity index (χ1) is 14.3. The lowest BCUT2D eigenvalue weighted by atomic mass is 10.1. The van der Waals surface area contributed by atoms with Crippen molar-refractivity contribution in [3.05, 3.63) is 72.8 Å². The largest absolute Gasteiger partial charge is 0.497 e. The number of anilines is 2. The Balaban J connectivity index is 1.68. The summed E-state index contributed by atoms with van der Waals surface area (Å²) in [6.45, 7) is 2.81. The van der Waals surface area contributed by atoms with Crippen molar-refractivity contribution < 1.29 is 9.47 Å². The number of hydrogen-bond acceptors (Lipinski definition) is 5. The first kappa shape index (κ1) is 18.7. The average Bonchev–Trinajstić information content (AvgIpc) is 2.78. The van der Waals surface area contributed by atoms with Crippen LogP contribution in [-0.2, 0) is 0 Å². The Kier molecular flexibility index (Phi) is 5.56. The highest BCUT2D eigenvalue weighted by Crippen LogP contribution is 2.28. The molecular weight excluding hydrogens is 362 g/mol. The number of para-hydroxylation sites is 1. The normalized spacial score (nSPS) is 10.7. The van der Waals surface area contributed by atoms with Crippen molar-refractivity contribution in [3.63, 3.8) is 0 Å². The molecule has 0 saturated heterocycles. The summed E-state index contributed by atoms with van der Waals surface area (Å²) in [6.07, 6.45) is 0.987. The van der Waals surface area contributed by atoms with Gasteiger partial charge in [-0.2, -0.15) is 0 Å². The standard InChI is InChI=1S/C24H23N3O2/c1-3-16-29-20-14-10-18(11-15-20)25-24-21-6-4-5-7-22(21)26-23(27-24)17-8-12-19(28-2)13-9-17/h4-15H,3,16H2,1-2H3,(H,25,26,27). The maximum atomic E-state index is 5.66. The van der Waals surface area contributed by atoms with Crippen molar-refractivity contribution in [1.82, 2.24) is 9.97 Å². The first-order valence-corrected chi connectivity index (χ1v) is 9.68. The van der Waals surface area contributed by atoms with Crippen molar-refractivity contribution in [3.8, 4) is 22.9 Å². The molecule has 0 atom stereocenters. The molecule has 4 rings (SSSR count). The summed E-state index contributed by atoms with van der Waals surface area (Å²) in [7, 11) is 1.65. The summed E-state index contributed by atoms with van der Waals surface area (Å²) in [6, 6.07) is 23.7. The zero-order valence-corrected chi connectivity index (χ0v) is 16.6. The highest BCUT2D eigenvalue weighted by Gasteiger charge is 2.10. The predicted molar refractivity (Wildman–Crippen MR) is 117 cm³/mol. The molecule has 0 fully saturated rings. The third kappa shape index (κ3) is 4.29. The van der Waals surface area contributed by atoms with Gasteiger partial charge in [0.25, 0.3) is 0 Å². The Hall–Kier alpha value is -3.60. The van der Waals surface area contributed by atoms with Gasteiger partial charge in [0.2, 0.25) is 0 Å². The molecule has 146 valence electrons. The molecular formula is C24H23N3O2. The molecule has 0 amide bonds. The Morgan fingerprint density at radius 1 is 0.828 bits per heavy atom. The van der Waals surface area contributed by atoms with Crippen molar-refractivity contribution in [1.29, 1.82) is 0 Å². The van der Waals surface area contributed by atoms with Crippen LogP contribution in [0.25, 0.3) is 22.3 Å². The minimum absolute atomic E-state index is 0.664. The van der Waals surface area contributed by atoms with E-state index in [1.807, 2.05) is 72.8 Å². The summed E-state index contributed by atoms with van der Waals surface area (Å²) >= 11 is 0. The Morgan fingerprint density at radius 2 is 1.55 bits per heavy atom. The molecule has 1 N–H and O–H groups in total. The monoisotopic (exact) mass is 385 g/mol. The molecule has 1 aromatic heterocycles. The fraction of sp³-hybridized carbons (Fsp3) is 0.167. The zero-order valence-electron chi connectivity index (χ0n) is 16.6. The first-order valence-electron chi connectivity index (χ1n) is 9.68. The second kappa shape index (κ2) is 8.61. The van der Waals surface area contributed by atoms with E-state index in [9.17, 15) is 0 Å². The van der Waals surface area contributed by atoms with Gasteiger partial charge in [-0.15, -0.1) is 0 Å². The van der Waals surface area contributed by atoms with Crippen LogP contribution >= 0.6 is 0 Å². The third-order valence-electron chi connectivity index (χ3n) is 4.54. The van der Waals surface area contributed by atoms with Gasteiger partial charge in [0, 0.05) is 16.6 Å². The number of ether oxygens (including phenoxy) is 2. The van der Waals surface area contributed by atoms with E-state index in [1.54, 1.807) is 7.11 Å². The van der Waals surface area contributed by atoms with Gasteiger partial charge >= 0.3 is 0 Å². The number of methoxy groups -OCH3 is 1. The van der Waals surface area contributed by atoms with Crippen LogP contribution in [0.15, 0.2) is 72.8 Å². The molecule has 0 aliphatic rings. The van der Waals surface area contributed by atoms with Gasteiger partial charge in [-0.25, -0.2) is 9.97 Å². The number of aromatic nitrogens is 2. The quantitative estimate of drug-likeness (QED) is 0.433. The smallest absolute Gasteiger partial charge is 0.162 e. The molecule has 3 aromatic carbocycles. The molecule has 5 nitrogen and oxygen atoms in total. The predicted octanol–water partition coefficient (Wildman–Crippen LogP) is 5.84. The molecule has 1 heterocycles. The summed E-state index contributed by atoms with van der Waals surface area (Å²) in [5, 5.41) is 4.40. The van der Waals surface area contributed by atoms with E-state index in [-0.39, 0.29) is 0 Å². The number of benzene rings is 3. The second-order valence-electron chi connectivity index (χ2n) is 6.64. The minimum Gasteiger partial charge on any atom is -0.497 e. The number of nitrogens with zero attached hydrogens (tertiary/aromatic N) is 2. The van der Waals surface area contributed by atoms with E-state index in [0.29, 0.717) is 12.4 Å². The Labute approximate surface area is 170 Å². The molecule has 0 aliphatic heterocycles. The summed E-state index contributed by atoms with van der Waals surface area (Å²) in [5.41, 5.74) is 2.76. The van der Waals surface area contributed by atoms with Gasteiger partial charge in [-0.3, -0.25) is 0 Å². The Bertz CT molecular complexity index is 1090. The van der Waals surface area contributed by atoms with Gasteiger partial charge in [0.1, 0.15) is 17.3 Å². The molecule has 0 bridgehead atoms. The summed E-state index contributed by atoms with van der Waals surface area (Å²) in [4.78, 5) is 9.54. The van der Waals surface area contributed by atoms with Crippen molar-refractivity contribution in [2.75, 3.05) is 19.0 Å². The molecule has 0 unspecified atom stereocenters. The van der Waals surface area contributed by atoms with Crippen LogP contribution in [0.4, 0.5) is 11.5 Å². The van der Waals surface area contributed by atoms with Gasteiger partial charge in [0.05, 0.1) is 19.2 Å². The van der Waals surface area contributed by atoms with Crippen LogP contribution in [0, 0.1) is 0 Å². The molecule has 0 saturated carbocycles. The molecule has 0 radical (unpaired) electrons. The van der Waals surface area contributed by atoms with Crippen LogP contribution in [0.1, 0.15) is 13.3 Å². The Morgan fingerprint density at radius 3 is 2.28 bits per heavy atom. The second-order valence-corrected chi connectivity index (χ2v) is 6.64. The number of fused-ring (bicyclic) bond motifs is 1. The fourth-order valence-electron chi connectivity index (χ4n) is 3.03. The molecule has 29 heavy (non-hydrogen) atoms. The molecule has 5 heteroatoms. The molecule has 4 aromatic rings. The topological polar surface area (TPSA) is 56.3 Å². The van der Waals surface area contributed by atoms with Crippen LogP contribution < -0.4 is 14.8 Å². The lowest BCUT2D eigenvalue weighted by Gasteiger charge is -2.12. The molecule has 0 aliphatic carbocycles. The highest BCUT2D eigenvalue weighted by molar-refractivity contribution is 5.92. The maximum Gasteiger partial charge on any atom is 0.162 e. The third-order valence-corrected chi connectivity index (χ3v) is 4.54. The summed E-state index contributed by atoms with van der Waals surface area (Å²) in [5.74, 6) is 3.10. The van der Waals surface area contributed by atoms with Gasteiger partial charge in [-0.1, -0.05) is 19.1 Å². The lowest BCUT2D eigenvalue weighted by Crippen LogP contribution is -2.00. The summed E-state index contributed by atoms with van der Waals surface area (Å²) < 4.78 is 10.9. The zero-order chi connectivity index (χ0) is 20.1. The van der Waals surface area contributed by atoms with Gasteiger partial charge in [-0.05, 0) is 67.1 Å². The van der Waals surface area contributed by atoms with Gasteiger partial charge < -0.3 is 14.8 Å². The van der Waals surface area contributed by atoms with Crippen molar-refractivity contribution in [2.24, 2.45) is 0 Å². The van der Waals surface area contributed by atoms with E-state index in [0.717, 1.165) is 45.9 Å². The average molecular weight is 385 g/mol. The van der Waals surface area contributed by atoms with E-state index < -0.39 is 0 Å². The van der Waals surface area contributed by atoms with Crippen LogP contribution in [0.2, 0.25) is 0 Å². The number of nitrogens with one attached hydrogen (secondary N) is 1. The maximum absolute atomic E-state index is 5.66.